The Morgan fingerprint density at radius 1 is 1.50 bits per heavy atom. The molecule has 2 aromatic rings. The highest BCUT2D eigenvalue weighted by Gasteiger charge is 2.10. The molecular weight excluding hydrogens is 256 g/mol. The number of benzene rings is 1. The molecule has 1 heterocycles. The first-order valence-corrected chi connectivity index (χ1v) is 6.08. The fraction of sp³-hybridized carbons (Fsp3) is 0.214. The van der Waals surface area contributed by atoms with Gasteiger partial charge in [0.2, 0.25) is 0 Å². The number of aryl methyl sites for hydroxylation is 1. The fourth-order valence-corrected chi connectivity index (χ4v) is 1.55. The zero-order valence-corrected chi connectivity index (χ0v) is 11.0. The molecule has 0 spiro atoms. The quantitative estimate of drug-likeness (QED) is 0.728. The van der Waals surface area contributed by atoms with Crippen LogP contribution in [0, 0.1) is 18.8 Å². The molecule has 3 N–H and O–H groups in total. The van der Waals surface area contributed by atoms with E-state index < -0.39 is 0 Å². The Balaban J connectivity index is 2.17. The van der Waals surface area contributed by atoms with Gasteiger partial charge in [0.25, 0.3) is 5.91 Å². The number of hydrogen-bond donors (Lipinski definition) is 3. The first-order valence-electron chi connectivity index (χ1n) is 6.08. The molecule has 0 radical (unpaired) electrons. The number of carbonyl (C=O) groups excluding carboxylic acids is 1. The van der Waals surface area contributed by atoms with Gasteiger partial charge in [0, 0.05) is 17.7 Å². The number of aliphatic hydroxyl groups excluding tert-OH is 1. The maximum Gasteiger partial charge on any atom is 0.277 e. The van der Waals surface area contributed by atoms with Crippen LogP contribution in [0.4, 0.5) is 5.69 Å². The van der Waals surface area contributed by atoms with Crippen LogP contribution in [-0.2, 0) is 0 Å². The SMILES string of the molecule is Cc1ccc(C#CCCO)cc1NC(=O)c1cn[nH]n1. The zero-order chi connectivity index (χ0) is 14.4. The lowest BCUT2D eigenvalue weighted by atomic mass is 10.1. The lowest BCUT2D eigenvalue weighted by Crippen LogP contribution is -2.13. The largest absolute Gasteiger partial charge is 0.395 e. The summed E-state index contributed by atoms with van der Waals surface area (Å²) in [5, 5.41) is 21.2. The predicted molar refractivity (Wildman–Crippen MR) is 74.1 cm³/mol. The Hall–Kier alpha value is -2.65. The zero-order valence-electron chi connectivity index (χ0n) is 11.0. The average Bonchev–Trinajstić information content (AvgIpc) is 2.97. The van der Waals surface area contributed by atoms with Crippen LogP contribution in [0.15, 0.2) is 24.4 Å². The van der Waals surface area contributed by atoms with Gasteiger partial charge in [-0.15, -0.1) is 0 Å². The third-order valence-electron chi connectivity index (χ3n) is 2.60. The molecule has 0 aliphatic carbocycles. The van der Waals surface area contributed by atoms with E-state index in [1.54, 1.807) is 6.07 Å². The van der Waals surface area contributed by atoms with Gasteiger partial charge in [0.05, 0.1) is 12.8 Å². The second-order valence-electron chi connectivity index (χ2n) is 4.11. The number of aliphatic hydroxyl groups is 1. The molecule has 1 aromatic heterocycles. The minimum Gasteiger partial charge on any atom is -0.395 e. The molecule has 0 fully saturated rings. The molecule has 0 saturated heterocycles. The van der Waals surface area contributed by atoms with Gasteiger partial charge in [0.15, 0.2) is 5.69 Å². The number of rotatable bonds is 3. The van der Waals surface area contributed by atoms with Gasteiger partial charge in [-0.3, -0.25) is 4.79 Å². The highest BCUT2D eigenvalue weighted by atomic mass is 16.2. The third-order valence-corrected chi connectivity index (χ3v) is 2.60. The number of anilines is 1. The number of hydrogen-bond acceptors (Lipinski definition) is 4. The molecule has 0 aliphatic heterocycles. The Morgan fingerprint density at radius 2 is 2.35 bits per heavy atom. The second-order valence-corrected chi connectivity index (χ2v) is 4.11. The number of aromatic nitrogens is 3. The molecular formula is C14H14N4O2. The normalized spacial score (nSPS) is 9.70. The number of amides is 1. The average molecular weight is 270 g/mol. The molecule has 0 saturated carbocycles. The Bertz CT molecular complexity index is 654. The summed E-state index contributed by atoms with van der Waals surface area (Å²) in [5.74, 6) is 5.43. The van der Waals surface area contributed by atoms with Gasteiger partial charge in [-0.25, -0.2) is 0 Å². The maximum absolute atomic E-state index is 11.9. The van der Waals surface area contributed by atoms with Crippen LogP contribution >= 0.6 is 0 Å². The third kappa shape index (κ3) is 3.43. The van der Waals surface area contributed by atoms with Crippen molar-refractivity contribution in [2.24, 2.45) is 0 Å². The molecule has 1 aromatic carbocycles. The first kappa shape index (κ1) is 13.8. The number of nitrogens with zero attached hydrogens (tertiary/aromatic N) is 2. The lowest BCUT2D eigenvalue weighted by Gasteiger charge is -2.07. The smallest absolute Gasteiger partial charge is 0.277 e. The summed E-state index contributed by atoms with van der Waals surface area (Å²) in [6.45, 7) is 1.93. The summed E-state index contributed by atoms with van der Waals surface area (Å²) in [4.78, 5) is 11.9. The van der Waals surface area contributed by atoms with Crippen molar-refractivity contribution in [2.45, 2.75) is 13.3 Å². The predicted octanol–water partition coefficient (Wildman–Crippen LogP) is 1.10. The van der Waals surface area contributed by atoms with Crippen LogP contribution in [0.3, 0.4) is 0 Å². The summed E-state index contributed by atoms with van der Waals surface area (Å²) >= 11 is 0. The number of H-pyrrole nitrogens is 1. The topological polar surface area (TPSA) is 90.9 Å². The van der Waals surface area contributed by atoms with Crippen LogP contribution in [0.5, 0.6) is 0 Å². The van der Waals surface area contributed by atoms with Crippen molar-refractivity contribution in [1.29, 1.82) is 0 Å². The molecule has 20 heavy (non-hydrogen) atoms. The van der Waals surface area contributed by atoms with Crippen molar-refractivity contribution in [1.82, 2.24) is 15.4 Å². The van der Waals surface area contributed by atoms with Crippen molar-refractivity contribution in [2.75, 3.05) is 11.9 Å². The van der Waals surface area contributed by atoms with Crippen molar-refractivity contribution in [3.63, 3.8) is 0 Å². The lowest BCUT2D eigenvalue weighted by molar-refractivity contribution is 0.102. The highest BCUT2D eigenvalue weighted by Crippen LogP contribution is 2.17. The Morgan fingerprint density at radius 3 is 3.05 bits per heavy atom. The van der Waals surface area contributed by atoms with E-state index in [4.69, 9.17) is 5.11 Å². The van der Waals surface area contributed by atoms with E-state index in [9.17, 15) is 4.79 Å². The summed E-state index contributed by atoms with van der Waals surface area (Å²) in [6, 6.07) is 5.53. The van der Waals surface area contributed by atoms with E-state index in [0.29, 0.717) is 12.1 Å². The second kappa shape index (κ2) is 6.50. The Labute approximate surface area is 116 Å². The number of nitrogens with one attached hydrogen (secondary N) is 2. The van der Waals surface area contributed by atoms with E-state index in [1.165, 1.54) is 6.20 Å². The monoisotopic (exact) mass is 270 g/mol. The Kier molecular flexibility index (Phi) is 4.47. The number of carbonyl (C=O) groups is 1. The summed E-state index contributed by atoms with van der Waals surface area (Å²) in [7, 11) is 0. The van der Waals surface area contributed by atoms with E-state index in [-0.39, 0.29) is 18.2 Å². The van der Waals surface area contributed by atoms with Gasteiger partial charge in [-0.05, 0) is 24.6 Å². The van der Waals surface area contributed by atoms with Crippen molar-refractivity contribution < 1.29 is 9.90 Å². The fourth-order valence-electron chi connectivity index (χ4n) is 1.55. The van der Waals surface area contributed by atoms with E-state index in [2.05, 4.69) is 32.6 Å². The molecule has 0 bridgehead atoms. The van der Waals surface area contributed by atoms with Gasteiger partial charge in [-0.2, -0.15) is 15.4 Å². The van der Waals surface area contributed by atoms with Crippen LogP contribution in [0.1, 0.15) is 28.0 Å². The molecule has 6 nitrogen and oxygen atoms in total. The molecule has 0 unspecified atom stereocenters. The molecule has 1 amide bonds. The number of aromatic amines is 1. The van der Waals surface area contributed by atoms with Gasteiger partial charge < -0.3 is 10.4 Å². The van der Waals surface area contributed by atoms with E-state index >= 15 is 0 Å². The summed E-state index contributed by atoms with van der Waals surface area (Å²) in [6.07, 6.45) is 1.78. The summed E-state index contributed by atoms with van der Waals surface area (Å²) in [5.41, 5.74) is 2.60. The van der Waals surface area contributed by atoms with Gasteiger partial charge in [0.1, 0.15) is 0 Å². The van der Waals surface area contributed by atoms with Crippen molar-refractivity contribution in [3.05, 3.63) is 41.2 Å². The van der Waals surface area contributed by atoms with E-state index in [1.807, 2.05) is 19.1 Å². The molecule has 0 aliphatic rings. The molecule has 0 atom stereocenters. The molecule has 102 valence electrons. The minimum absolute atomic E-state index is 0.0363. The highest BCUT2D eigenvalue weighted by molar-refractivity contribution is 6.03. The standard InChI is InChI=1S/C14H14N4O2/c1-10-5-6-11(4-2-3-7-19)8-12(10)16-14(20)13-9-15-18-17-13/h5-6,8-9,19H,3,7H2,1H3,(H,16,20)(H,15,17,18). The van der Waals surface area contributed by atoms with Crippen LogP contribution in [-0.4, -0.2) is 33.0 Å². The minimum atomic E-state index is -0.331. The van der Waals surface area contributed by atoms with Gasteiger partial charge in [-0.1, -0.05) is 17.9 Å². The van der Waals surface area contributed by atoms with Crippen LogP contribution < -0.4 is 5.32 Å². The van der Waals surface area contributed by atoms with Gasteiger partial charge >= 0.3 is 0 Å². The summed E-state index contributed by atoms with van der Waals surface area (Å²) < 4.78 is 0. The maximum atomic E-state index is 11.9. The van der Waals surface area contributed by atoms with Crippen LogP contribution in [0.25, 0.3) is 0 Å². The van der Waals surface area contributed by atoms with E-state index in [0.717, 1.165) is 11.1 Å². The first-order chi connectivity index (χ1) is 9.70. The van der Waals surface area contributed by atoms with Crippen molar-refractivity contribution >= 4 is 11.6 Å². The molecule has 2 rings (SSSR count). The molecule has 6 heteroatoms. The van der Waals surface area contributed by atoms with Crippen molar-refractivity contribution in [3.8, 4) is 11.8 Å². The van der Waals surface area contributed by atoms with Crippen LogP contribution in [0.2, 0.25) is 0 Å².